The van der Waals surface area contributed by atoms with Crippen molar-refractivity contribution in [2.45, 2.75) is 19.3 Å². The van der Waals surface area contributed by atoms with Gasteiger partial charge in [0.05, 0.1) is 0 Å². The smallest absolute Gasteiger partial charge is 0.136 e. The van der Waals surface area contributed by atoms with E-state index in [-0.39, 0.29) is 5.41 Å². The number of hydrogen-bond donors (Lipinski definition) is 0. The minimum Gasteiger partial charge on any atom is -0.456 e. The Balaban J connectivity index is 1.21. The molecule has 0 atom stereocenters. The Hall–Kier alpha value is -6.12. The Bertz CT molecular complexity index is 2750. The van der Waals surface area contributed by atoms with Crippen molar-refractivity contribution < 1.29 is 4.42 Å². The van der Waals surface area contributed by atoms with Gasteiger partial charge in [-0.05, 0) is 103 Å². The maximum Gasteiger partial charge on any atom is 0.136 e. The zero-order valence-corrected chi connectivity index (χ0v) is 27.4. The fourth-order valence-electron chi connectivity index (χ4n) is 8.22. The molecule has 0 saturated carbocycles. The van der Waals surface area contributed by atoms with Gasteiger partial charge in [-0.15, -0.1) is 0 Å². The average molecular weight is 628 g/mol. The summed E-state index contributed by atoms with van der Waals surface area (Å²) in [5.74, 6) is 0. The average Bonchev–Trinajstić information content (AvgIpc) is 3.63. The van der Waals surface area contributed by atoms with Gasteiger partial charge in [-0.2, -0.15) is 0 Å². The van der Waals surface area contributed by atoms with E-state index in [9.17, 15) is 0 Å². The number of benzene rings is 8. The molecular formula is C47H33NO. The molecule has 49 heavy (non-hydrogen) atoms. The molecule has 0 fully saturated rings. The number of fused-ring (bicyclic) bond motifs is 9. The summed E-state index contributed by atoms with van der Waals surface area (Å²) in [7, 11) is 0. The molecule has 9 aromatic rings. The molecule has 8 aromatic carbocycles. The van der Waals surface area contributed by atoms with E-state index in [0.29, 0.717) is 0 Å². The fraction of sp³-hybridized carbons (Fsp3) is 0.0638. The molecule has 2 heteroatoms. The van der Waals surface area contributed by atoms with Crippen LogP contribution in [0.25, 0.3) is 65.7 Å². The molecule has 232 valence electrons. The van der Waals surface area contributed by atoms with Crippen LogP contribution in [0.4, 0.5) is 17.1 Å². The Labute approximate surface area is 285 Å². The van der Waals surface area contributed by atoms with E-state index in [2.05, 4.69) is 183 Å². The maximum atomic E-state index is 6.63. The van der Waals surface area contributed by atoms with Gasteiger partial charge in [0.1, 0.15) is 11.2 Å². The van der Waals surface area contributed by atoms with Crippen LogP contribution in [0.1, 0.15) is 25.0 Å². The first-order valence-electron chi connectivity index (χ1n) is 17.0. The van der Waals surface area contributed by atoms with Crippen LogP contribution in [0.3, 0.4) is 0 Å². The van der Waals surface area contributed by atoms with Crippen LogP contribution in [-0.2, 0) is 5.41 Å². The lowest BCUT2D eigenvalue weighted by Gasteiger charge is -2.28. The molecule has 0 bridgehead atoms. The van der Waals surface area contributed by atoms with Crippen molar-refractivity contribution in [1.29, 1.82) is 0 Å². The number of furan rings is 1. The van der Waals surface area contributed by atoms with Crippen molar-refractivity contribution in [2.24, 2.45) is 0 Å². The van der Waals surface area contributed by atoms with E-state index in [4.69, 9.17) is 4.42 Å². The third kappa shape index (κ3) is 4.20. The molecule has 1 aromatic heterocycles. The summed E-state index contributed by atoms with van der Waals surface area (Å²) in [6.07, 6.45) is 0. The lowest BCUT2D eigenvalue weighted by atomic mass is 9.82. The molecule has 2 nitrogen and oxygen atoms in total. The van der Waals surface area contributed by atoms with Crippen molar-refractivity contribution in [3.8, 4) is 22.3 Å². The van der Waals surface area contributed by atoms with E-state index >= 15 is 0 Å². The minimum absolute atomic E-state index is 0.100. The predicted molar refractivity (Wildman–Crippen MR) is 206 cm³/mol. The Morgan fingerprint density at radius 1 is 0.429 bits per heavy atom. The molecule has 0 amide bonds. The van der Waals surface area contributed by atoms with Crippen LogP contribution in [0.5, 0.6) is 0 Å². The fourth-order valence-corrected chi connectivity index (χ4v) is 8.22. The second-order valence-electron chi connectivity index (χ2n) is 13.8. The lowest BCUT2D eigenvalue weighted by molar-refractivity contribution is 0.660. The zero-order chi connectivity index (χ0) is 32.7. The van der Waals surface area contributed by atoms with Crippen molar-refractivity contribution in [3.05, 3.63) is 175 Å². The van der Waals surface area contributed by atoms with Crippen LogP contribution < -0.4 is 4.90 Å². The second-order valence-corrected chi connectivity index (χ2v) is 13.8. The molecule has 0 unspecified atom stereocenters. The van der Waals surface area contributed by atoms with Crippen molar-refractivity contribution >= 4 is 60.5 Å². The highest BCUT2D eigenvalue weighted by Crippen LogP contribution is 2.51. The van der Waals surface area contributed by atoms with Crippen LogP contribution in [0.2, 0.25) is 0 Å². The lowest BCUT2D eigenvalue weighted by Crippen LogP contribution is -2.16. The first kappa shape index (κ1) is 27.9. The molecule has 10 rings (SSSR count). The molecule has 1 aliphatic rings. The Morgan fingerprint density at radius 2 is 1.08 bits per heavy atom. The first-order valence-corrected chi connectivity index (χ1v) is 17.0. The van der Waals surface area contributed by atoms with E-state index in [1.807, 2.05) is 0 Å². The largest absolute Gasteiger partial charge is 0.456 e. The topological polar surface area (TPSA) is 16.4 Å². The van der Waals surface area contributed by atoms with Crippen LogP contribution in [0, 0.1) is 0 Å². The van der Waals surface area contributed by atoms with Gasteiger partial charge in [-0.25, -0.2) is 0 Å². The summed E-state index contributed by atoms with van der Waals surface area (Å²) in [5.41, 5.74) is 12.8. The Morgan fingerprint density at radius 3 is 1.96 bits per heavy atom. The van der Waals surface area contributed by atoms with Gasteiger partial charge in [0.15, 0.2) is 0 Å². The number of rotatable bonds is 4. The summed E-state index contributed by atoms with van der Waals surface area (Å²) >= 11 is 0. The summed E-state index contributed by atoms with van der Waals surface area (Å²) in [4.78, 5) is 2.41. The molecule has 0 spiro atoms. The minimum atomic E-state index is -0.100. The molecule has 0 aliphatic heterocycles. The SMILES string of the molecule is CC1(C)c2ccccc2-c2ccc(N(c3ccc4ccccc4c3)c3ccc4oc5cc(-c6ccccc6)c6ccccc6c5c4c3)cc21. The van der Waals surface area contributed by atoms with E-state index in [1.165, 1.54) is 54.9 Å². The zero-order valence-electron chi connectivity index (χ0n) is 27.4. The molecule has 0 N–H and O–H groups in total. The van der Waals surface area contributed by atoms with Crippen LogP contribution in [0.15, 0.2) is 168 Å². The number of nitrogens with zero attached hydrogens (tertiary/aromatic N) is 1. The molecule has 0 radical (unpaired) electrons. The van der Waals surface area contributed by atoms with Gasteiger partial charge in [0.25, 0.3) is 0 Å². The predicted octanol–water partition coefficient (Wildman–Crippen LogP) is 13.3. The van der Waals surface area contributed by atoms with E-state index in [1.54, 1.807) is 0 Å². The summed E-state index contributed by atoms with van der Waals surface area (Å²) in [6, 6.07) is 59.4. The van der Waals surface area contributed by atoms with Crippen LogP contribution >= 0.6 is 0 Å². The van der Waals surface area contributed by atoms with Gasteiger partial charge >= 0.3 is 0 Å². The molecule has 1 aliphatic carbocycles. The summed E-state index contributed by atoms with van der Waals surface area (Å²) in [6.45, 7) is 4.70. The van der Waals surface area contributed by atoms with Gasteiger partial charge in [0.2, 0.25) is 0 Å². The van der Waals surface area contributed by atoms with Crippen molar-refractivity contribution in [1.82, 2.24) is 0 Å². The van der Waals surface area contributed by atoms with Crippen molar-refractivity contribution in [2.75, 3.05) is 4.90 Å². The Kier molecular flexibility index (Phi) is 5.95. The van der Waals surface area contributed by atoms with Crippen LogP contribution in [-0.4, -0.2) is 0 Å². The van der Waals surface area contributed by atoms with Crippen molar-refractivity contribution in [3.63, 3.8) is 0 Å². The highest BCUT2D eigenvalue weighted by Gasteiger charge is 2.35. The quantitative estimate of drug-likeness (QED) is 0.193. The normalized spacial score (nSPS) is 13.3. The third-order valence-corrected chi connectivity index (χ3v) is 10.6. The molecular weight excluding hydrogens is 595 g/mol. The maximum absolute atomic E-state index is 6.63. The van der Waals surface area contributed by atoms with Gasteiger partial charge in [0, 0.05) is 33.2 Å². The first-order chi connectivity index (χ1) is 24.0. The second kappa shape index (κ2) is 10.4. The van der Waals surface area contributed by atoms with Gasteiger partial charge in [-0.1, -0.05) is 129 Å². The highest BCUT2D eigenvalue weighted by molar-refractivity contribution is 6.22. The molecule has 1 heterocycles. The number of hydrogen-bond acceptors (Lipinski definition) is 2. The monoisotopic (exact) mass is 627 g/mol. The summed E-state index contributed by atoms with van der Waals surface area (Å²) < 4.78 is 6.63. The third-order valence-electron chi connectivity index (χ3n) is 10.6. The molecule has 0 saturated heterocycles. The number of anilines is 3. The van der Waals surface area contributed by atoms with Gasteiger partial charge in [-0.3, -0.25) is 0 Å². The van der Waals surface area contributed by atoms with E-state index < -0.39 is 0 Å². The highest BCUT2D eigenvalue weighted by atomic mass is 16.3. The summed E-state index contributed by atoms with van der Waals surface area (Å²) in [5, 5.41) is 7.13. The standard InChI is InChI=1S/C47H33NO/c1-47(2)42-19-11-10-17-37(42)38-24-22-35(28-43(38)47)48(33-21-20-30-12-6-7-15-32(30)26-33)34-23-25-44-41(27-34)46-39-18-9-8-16-36(39)40(29-45(46)49-44)31-13-4-3-5-14-31/h3-29H,1-2H3. The van der Waals surface area contributed by atoms with Gasteiger partial charge < -0.3 is 9.32 Å². The van der Waals surface area contributed by atoms with E-state index in [0.717, 1.165) is 39.0 Å².